The molecule has 0 unspecified atom stereocenters. The monoisotopic (exact) mass is 428 g/mol. The van der Waals surface area contributed by atoms with Crippen molar-refractivity contribution < 1.29 is 19.1 Å². The Kier molecular flexibility index (Phi) is 19.3. The molecule has 0 radical (unpaired) electrons. The van der Waals surface area contributed by atoms with Gasteiger partial charge in [0.05, 0.1) is 26.3 Å². The third-order valence-electron chi connectivity index (χ3n) is 2.51. The van der Waals surface area contributed by atoms with Gasteiger partial charge in [-0.2, -0.15) is 34.5 Å². The van der Waals surface area contributed by atoms with Gasteiger partial charge in [0.2, 0.25) is 0 Å². The Bertz CT molecular complexity index is 252. The largest absolute Gasteiger partial charge is 0.417 e. The summed E-state index contributed by atoms with van der Waals surface area (Å²) in [4.78, 5) is 9.03. The van der Waals surface area contributed by atoms with Crippen LogP contribution in [0.3, 0.4) is 0 Å². The van der Waals surface area contributed by atoms with Crippen LogP contribution in [0.1, 0.15) is 6.42 Å². The Balaban J connectivity index is 0.000000156. The zero-order chi connectivity index (χ0) is 17.7. The second-order valence-electron chi connectivity index (χ2n) is 4.54. The fourth-order valence-electron chi connectivity index (χ4n) is 1.37. The van der Waals surface area contributed by atoms with Crippen molar-refractivity contribution >= 4 is 45.1 Å². The maximum atomic E-state index is 4.72. The highest BCUT2D eigenvalue weighted by Gasteiger charge is 1.97. The number of hydrogen-bond acceptors (Lipinski definition) is 10. The van der Waals surface area contributed by atoms with E-state index < -0.39 is 0 Å². The molecule has 0 aromatic heterocycles. The van der Waals surface area contributed by atoms with Crippen molar-refractivity contribution in [2.45, 2.75) is 6.42 Å². The first-order chi connectivity index (χ1) is 12.5. The van der Waals surface area contributed by atoms with Crippen molar-refractivity contribution in [3.63, 3.8) is 0 Å². The van der Waals surface area contributed by atoms with E-state index in [4.69, 9.17) is 9.47 Å². The topological polar surface area (TPSA) is 61.0 Å². The smallest absolute Gasteiger partial charge is 0.146 e. The van der Waals surface area contributed by atoms with E-state index in [1.807, 2.05) is 57.3 Å². The molecule has 0 aliphatic carbocycles. The van der Waals surface area contributed by atoms with Gasteiger partial charge in [-0.3, -0.25) is 0 Å². The van der Waals surface area contributed by atoms with Crippen LogP contribution in [0.2, 0.25) is 0 Å². The molecule has 0 saturated carbocycles. The molecule has 0 amide bonds. The molecule has 2 N–H and O–H groups in total. The number of thioether (sulfide) groups is 2. The van der Waals surface area contributed by atoms with Crippen molar-refractivity contribution in [3.8, 4) is 0 Å². The van der Waals surface area contributed by atoms with Gasteiger partial charge in [-0.05, 0) is 18.6 Å². The molecule has 0 spiro atoms. The van der Waals surface area contributed by atoms with Crippen molar-refractivity contribution in [2.24, 2.45) is 0 Å². The van der Waals surface area contributed by atoms with E-state index in [0.29, 0.717) is 6.79 Å². The van der Waals surface area contributed by atoms with Gasteiger partial charge >= 0.3 is 0 Å². The van der Waals surface area contributed by atoms with Crippen molar-refractivity contribution in [2.75, 3.05) is 61.2 Å². The average Bonchev–Trinajstić information content (AvgIpc) is 3.55. The Morgan fingerprint density at radius 3 is 1.44 bits per heavy atom. The fraction of sp³-hybridized carbons (Fsp3) is 0.733. The molecule has 0 aromatic carbocycles. The molecule has 5 aliphatic heterocycles. The number of nitrogens with one attached hydrogen (secondary N) is 2. The van der Waals surface area contributed by atoms with Gasteiger partial charge in [0.1, 0.15) is 19.3 Å². The van der Waals surface area contributed by atoms with E-state index in [9.17, 15) is 0 Å². The first-order valence-electron chi connectivity index (χ1n) is 8.12. The van der Waals surface area contributed by atoms with Crippen molar-refractivity contribution in [1.29, 1.82) is 0 Å². The normalized spacial score (nSPS) is 22.1. The number of hydrogen-bond donors (Lipinski definition) is 2. The molecule has 0 atom stereocenters. The van der Waals surface area contributed by atoms with Crippen LogP contribution in [0.15, 0.2) is 24.7 Å². The molecule has 6 nitrogen and oxygen atoms in total. The van der Waals surface area contributed by atoms with E-state index >= 15 is 0 Å². The van der Waals surface area contributed by atoms with Gasteiger partial charge in [-0.1, -0.05) is 21.6 Å². The molecule has 5 aliphatic rings. The van der Waals surface area contributed by atoms with Crippen LogP contribution in [0.4, 0.5) is 0 Å². The van der Waals surface area contributed by atoms with Gasteiger partial charge in [0, 0.05) is 28.1 Å². The van der Waals surface area contributed by atoms with E-state index in [1.165, 1.54) is 34.5 Å². The molecule has 3 saturated heterocycles. The third-order valence-corrected chi connectivity index (χ3v) is 7.67. The highest BCUT2D eigenvalue weighted by atomic mass is 33.1. The predicted octanol–water partition coefficient (Wildman–Crippen LogP) is 3.26. The highest BCUT2D eigenvalue weighted by molar-refractivity contribution is 8.77. The summed E-state index contributed by atoms with van der Waals surface area (Å²) in [5.74, 6) is 5.52. The fourth-order valence-corrected chi connectivity index (χ4v) is 6.08. The van der Waals surface area contributed by atoms with E-state index in [-0.39, 0.29) is 0 Å². The second kappa shape index (κ2) is 20.6. The second-order valence-corrected chi connectivity index (χ2v) is 9.82. The zero-order valence-electron chi connectivity index (χ0n) is 14.4. The van der Waals surface area contributed by atoms with Gasteiger partial charge in [-0.25, -0.2) is 0 Å². The summed E-state index contributed by atoms with van der Waals surface area (Å²) in [6.45, 7) is 3.75. The molecule has 10 heteroatoms. The zero-order valence-corrected chi connectivity index (χ0v) is 17.6. The Morgan fingerprint density at radius 1 is 0.720 bits per heavy atom. The Morgan fingerprint density at radius 2 is 1.28 bits per heavy atom. The quantitative estimate of drug-likeness (QED) is 0.562. The molecular weight excluding hydrogens is 400 g/mol. The molecule has 0 aromatic rings. The van der Waals surface area contributed by atoms with Crippen LogP contribution in [-0.2, 0) is 19.1 Å². The molecule has 25 heavy (non-hydrogen) atoms. The lowest BCUT2D eigenvalue weighted by atomic mass is 10.6. The van der Waals surface area contributed by atoms with Crippen LogP contribution in [-0.4, -0.2) is 61.2 Å². The average molecular weight is 429 g/mol. The lowest BCUT2D eigenvalue weighted by molar-refractivity contribution is 0.0692. The van der Waals surface area contributed by atoms with Crippen LogP contribution >= 0.6 is 45.1 Å². The minimum atomic E-state index is 0.500. The highest BCUT2D eigenvalue weighted by Crippen LogP contribution is 2.29. The van der Waals surface area contributed by atoms with Gasteiger partial charge < -0.3 is 19.1 Å². The van der Waals surface area contributed by atoms with Crippen molar-refractivity contribution in [1.82, 2.24) is 11.0 Å². The lowest BCUT2D eigenvalue weighted by Gasteiger charge is -1.82. The number of hydroxylamine groups is 2. The number of rotatable bonds is 0. The molecule has 146 valence electrons. The van der Waals surface area contributed by atoms with E-state index in [0.717, 1.165) is 26.3 Å². The maximum Gasteiger partial charge on any atom is 0.146 e. The van der Waals surface area contributed by atoms with Crippen LogP contribution in [0.25, 0.3) is 0 Å². The summed E-state index contributed by atoms with van der Waals surface area (Å²) < 4.78 is 9.44. The summed E-state index contributed by atoms with van der Waals surface area (Å²) in [5.41, 5.74) is 5.22. The SMILES string of the molecule is C1=CONC1.C1=CONC1.C1COCO1.C1CSCS1.C1CSSC1. The van der Waals surface area contributed by atoms with Crippen molar-refractivity contribution in [3.05, 3.63) is 24.7 Å². The molecule has 0 bridgehead atoms. The standard InChI is InChI=1S/2C3H5NO.C3H6O2.2C3H6S2/c2*1-2-4-5-3-1;2*1-2-5-3-4-1;1-2-4-5-3-1/h2*1,3-4H,2H2;3*1-3H2. The minimum absolute atomic E-state index is 0.500. The van der Waals surface area contributed by atoms with Gasteiger partial charge in [-0.15, -0.1) is 0 Å². The summed E-state index contributed by atoms with van der Waals surface area (Å²) in [5, 5.41) is 1.33. The summed E-state index contributed by atoms with van der Waals surface area (Å²) in [7, 11) is 3.98. The minimum Gasteiger partial charge on any atom is -0.417 e. The van der Waals surface area contributed by atoms with E-state index in [1.54, 1.807) is 12.5 Å². The maximum absolute atomic E-state index is 4.72. The summed E-state index contributed by atoms with van der Waals surface area (Å²) in [6, 6.07) is 0. The van der Waals surface area contributed by atoms with Crippen LogP contribution in [0.5, 0.6) is 0 Å². The van der Waals surface area contributed by atoms with Crippen LogP contribution < -0.4 is 11.0 Å². The summed E-state index contributed by atoms with van der Waals surface area (Å²) >= 11 is 4.07. The summed E-state index contributed by atoms with van der Waals surface area (Å²) in [6.07, 6.45) is 8.48. The number of ether oxygens (including phenoxy) is 2. The molecular formula is C15H28N2O4S4. The lowest BCUT2D eigenvalue weighted by Crippen LogP contribution is -2.02. The van der Waals surface area contributed by atoms with Gasteiger partial charge in [0.15, 0.2) is 0 Å². The predicted molar refractivity (Wildman–Crippen MR) is 113 cm³/mol. The molecule has 3 fully saturated rings. The van der Waals surface area contributed by atoms with Gasteiger partial charge in [0.25, 0.3) is 0 Å². The van der Waals surface area contributed by atoms with E-state index in [2.05, 4.69) is 20.6 Å². The van der Waals surface area contributed by atoms with Crippen LogP contribution in [0, 0.1) is 0 Å². The third kappa shape index (κ3) is 18.9. The first kappa shape index (κ1) is 23.4. The first-order valence-corrected chi connectivity index (χ1v) is 12.9. The molecule has 5 heterocycles. The Labute approximate surface area is 167 Å². The molecule has 5 rings (SSSR count). The Hall–Kier alpha value is 0.320.